The normalized spacial score (nSPS) is 10.8. The summed E-state index contributed by atoms with van der Waals surface area (Å²) in [6.45, 7) is 0.157. The Morgan fingerprint density at radius 1 is 1.24 bits per heavy atom. The van der Waals surface area contributed by atoms with Gasteiger partial charge in [-0.1, -0.05) is 39.4 Å². The van der Waals surface area contributed by atoms with Crippen LogP contribution in [0.1, 0.15) is 10.4 Å². The lowest BCUT2D eigenvalue weighted by Crippen LogP contribution is -2.13. The van der Waals surface area contributed by atoms with Crippen molar-refractivity contribution in [2.24, 2.45) is 0 Å². The minimum Gasteiger partial charge on any atom is -0.354 e. The third-order valence-electron chi connectivity index (χ3n) is 2.92. The van der Waals surface area contributed by atoms with Gasteiger partial charge in [-0.15, -0.1) is 0 Å². The third kappa shape index (κ3) is 3.28. The predicted octanol–water partition coefficient (Wildman–Crippen LogP) is 4.49. The van der Waals surface area contributed by atoms with Crippen molar-refractivity contribution in [2.75, 3.05) is 11.9 Å². The molecule has 1 heterocycles. The average molecular weight is 365 g/mol. The van der Waals surface area contributed by atoms with Crippen molar-refractivity contribution in [3.05, 3.63) is 58.3 Å². The van der Waals surface area contributed by atoms with Crippen LogP contribution in [0.5, 0.6) is 0 Å². The molecule has 3 nitrogen and oxygen atoms in total. The van der Waals surface area contributed by atoms with Gasteiger partial charge in [0.15, 0.2) is 10.9 Å². The van der Waals surface area contributed by atoms with Gasteiger partial charge in [0.1, 0.15) is 5.82 Å². The van der Waals surface area contributed by atoms with E-state index in [0.29, 0.717) is 10.7 Å². The first kappa shape index (κ1) is 14.2. The molecule has 1 N–H and O–H groups in total. The number of benzene rings is 2. The zero-order valence-corrected chi connectivity index (χ0v) is 13.2. The molecular weight excluding hydrogens is 355 g/mol. The summed E-state index contributed by atoms with van der Waals surface area (Å²) in [7, 11) is 0. The van der Waals surface area contributed by atoms with Gasteiger partial charge in [-0.3, -0.25) is 4.79 Å². The molecule has 0 amide bonds. The first-order chi connectivity index (χ1) is 10.1. The number of nitrogens with zero attached hydrogens (tertiary/aromatic N) is 1. The highest BCUT2D eigenvalue weighted by atomic mass is 79.9. The number of halogens is 2. The molecule has 0 aliphatic heterocycles. The molecule has 6 heteroatoms. The van der Waals surface area contributed by atoms with Gasteiger partial charge in [0, 0.05) is 10.0 Å². The molecule has 0 spiro atoms. The summed E-state index contributed by atoms with van der Waals surface area (Å²) in [5, 5.41) is 3.60. The molecule has 0 aliphatic rings. The summed E-state index contributed by atoms with van der Waals surface area (Å²) >= 11 is 4.66. The third-order valence-corrected chi connectivity index (χ3v) is 4.42. The standard InChI is InChI=1S/C15H10BrFN2OS/c16-10-3-1-9(2-4-10)13(20)8-18-15-19-12-6-5-11(17)7-14(12)21-15/h1-7H,8H2,(H,18,19). The second-order valence-electron chi connectivity index (χ2n) is 4.41. The van der Waals surface area contributed by atoms with Crippen LogP contribution in [0.3, 0.4) is 0 Å². The van der Waals surface area contributed by atoms with E-state index in [1.165, 1.54) is 23.5 Å². The van der Waals surface area contributed by atoms with E-state index in [9.17, 15) is 9.18 Å². The summed E-state index contributed by atoms with van der Waals surface area (Å²) in [5.74, 6) is -0.309. The number of anilines is 1. The van der Waals surface area contributed by atoms with E-state index in [1.807, 2.05) is 12.1 Å². The number of ketones is 1. The second-order valence-corrected chi connectivity index (χ2v) is 6.36. The van der Waals surface area contributed by atoms with Gasteiger partial charge in [-0.2, -0.15) is 0 Å². The van der Waals surface area contributed by atoms with Crippen LogP contribution in [0.15, 0.2) is 46.9 Å². The van der Waals surface area contributed by atoms with Crippen LogP contribution < -0.4 is 5.32 Å². The van der Waals surface area contributed by atoms with Crippen molar-refractivity contribution in [3.63, 3.8) is 0 Å². The molecule has 1 aromatic heterocycles. The summed E-state index contributed by atoms with van der Waals surface area (Å²) < 4.78 is 14.8. The summed E-state index contributed by atoms with van der Waals surface area (Å²) in [6, 6.07) is 11.6. The lowest BCUT2D eigenvalue weighted by molar-refractivity contribution is 0.101. The predicted molar refractivity (Wildman–Crippen MR) is 86.5 cm³/mol. The van der Waals surface area contributed by atoms with Crippen molar-refractivity contribution in [3.8, 4) is 0 Å². The number of aromatic nitrogens is 1. The van der Waals surface area contributed by atoms with Crippen LogP contribution in [0.2, 0.25) is 0 Å². The molecule has 0 bridgehead atoms. The number of carbonyl (C=O) groups is 1. The second kappa shape index (κ2) is 5.91. The van der Waals surface area contributed by atoms with E-state index in [4.69, 9.17) is 0 Å². The summed E-state index contributed by atoms with van der Waals surface area (Å²) in [4.78, 5) is 16.4. The highest BCUT2D eigenvalue weighted by Crippen LogP contribution is 2.26. The number of hydrogen-bond donors (Lipinski definition) is 1. The van der Waals surface area contributed by atoms with Crippen LogP contribution in [0, 0.1) is 5.82 Å². The van der Waals surface area contributed by atoms with E-state index < -0.39 is 0 Å². The zero-order chi connectivity index (χ0) is 14.8. The maximum Gasteiger partial charge on any atom is 0.184 e. The number of nitrogens with one attached hydrogen (secondary N) is 1. The maximum atomic E-state index is 13.1. The largest absolute Gasteiger partial charge is 0.354 e. The van der Waals surface area contributed by atoms with Crippen molar-refractivity contribution in [2.45, 2.75) is 0 Å². The molecule has 3 aromatic rings. The molecule has 3 rings (SSSR count). The van der Waals surface area contributed by atoms with E-state index in [0.717, 1.165) is 14.7 Å². The molecule has 0 unspecified atom stereocenters. The fourth-order valence-electron chi connectivity index (χ4n) is 1.87. The Labute approximate surface area is 133 Å². The van der Waals surface area contributed by atoms with Crippen LogP contribution >= 0.6 is 27.3 Å². The van der Waals surface area contributed by atoms with Crippen LogP contribution in [-0.2, 0) is 0 Å². The van der Waals surface area contributed by atoms with Crippen LogP contribution in [0.25, 0.3) is 10.2 Å². The van der Waals surface area contributed by atoms with Crippen molar-refractivity contribution in [1.29, 1.82) is 0 Å². The van der Waals surface area contributed by atoms with Gasteiger partial charge in [0.2, 0.25) is 0 Å². The fraction of sp³-hybridized carbons (Fsp3) is 0.0667. The SMILES string of the molecule is O=C(CNc1nc2ccc(F)cc2s1)c1ccc(Br)cc1. The number of rotatable bonds is 4. The Balaban J connectivity index is 1.71. The van der Waals surface area contributed by atoms with Gasteiger partial charge in [0.25, 0.3) is 0 Å². The molecule has 0 fully saturated rings. The molecule has 21 heavy (non-hydrogen) atoms. The lowest BCUT2D eigenvalue weighted by atomic mass is 10.1. The van der Waals surface area contributed by atoms with Gasteiger partial charge in [0.05, 0.1) is 16.8 Å². The molecule has 106 valence electrons. The summed E-state index contributed by atoms with van der Waals surface area (Å²) in [6.07, 6.45) is 0. The first-order valence-corrected chi connectivity index (χ1v) is 7.81. The van der Waals surface area contributed by atoms with Crippen molar-refractivity contribution < 1.29 is 9.18 Å². The molecule has 2 aromatic carbocycles. The van der Waals surface area contributed by atoms with Crippen LogP contribution in [-0.4, -0.2) is 17.3 Å². The minimum absolute atomic E-state index is 0.0204. The van der Waals surface area contributed by atoms with Gasteiger partial charge in [-0.05, 0) is 30.3 Å². The monoisotopic (exact) mass is 364 g/mol. The number of carbonyl (C=O) groups excluding carboxylic acids is 1. The molecular formula is C15H10BrFN2OS. The topological polar surface area (TPSA) is 42.0 Å². The summed E-state index contributed by atoms with van der Waals surface area (Å²) in [5.41, 5.74) is 1.36. The first-order valence-electron chi connectivity index (χ1n) is 6.20. The van der Waals surface area contributed by atoms with E-state index in [2.05, 4.69) is 26.2 Å². The number of hydrogen-bond acceptors (Lipinski definition) is 4. The van der Waals surface area contributed by atoms with E-state index >= 15 is 0 Å². The zero-order valence-electron chi connectivity index (χ0n) is 10.8. The van der Waals surface area contributed by atoms with Crippen molar-refractivity contribution in [1.82, 2.24) is 4.98 Å². The Bertz CT molecular complexity index is 801. The van der Waals surface area contributed by atoms with E-state index in [-0.39, 0.29) is 18.1 Å². The highest BCUT2D eigenvalue weighted by Gasteiger charge is 2.08. The molecule has 0 saturated heterocycles. The number of fused-ring (bicyclic) bond motifs is 1. The molecule has 0 saturated carbocycles. The molecule has 0 atom stereocenters. The minimum atomic E-state index is -0.288. The highest BCUT2D eigenvalue weighted by molar-refractivity contribution is 9.10. The lowest BCUT2D eigenvalue weighted by Gasteiger charge is -2.02. The fourth-order valence-corrected chi connectivity index (χ4v) is 3.02. The van der Waals surface area contributed by atoms with Gasteiger partial charge < -0.3 is 5.32 Å². The van der Waals surface area contributed by atoms with Crippen LogP contribution in [0.4, 0.5) is 9.52 Å². The van der Waals surface area contributed by atoms with Crippen molar-refractivity contribution >= 4 is 48.4 Å². The molecule has 0 radical (unpaired) electrons. The van der Waals surface area contributed by atoms with Gasteiger partial charge in [-0.25, -0.2) is 9.37 Å². The Morgan fingerprint density at radius 2 is 2.00 bits per heavy atom. The smallest absolute Gasteiger partial charge is 0.184 e. The Hall–Kier alpha value is -1.79. The quantitative estimate of drug-likeness (QED) is 0.693. The number of Topliss-reactive ketones (excluding diaryl/α,β-unsaturated/α-hetero) is 1. The van der Waals surface area contributed by atoms with Gasteiger partial charge >= 0.3 is 0 Å². The maximum absolute atomic E-state index is 13.1. The van der Waals surface area contributed by atoms with E-state index in [1.54, 1.807) is 18.2 Å². The Kier molecular flexibility index (Phi) is 3.98. The molecule has 0 aliphatic carbocycles. The number of thiazole rings is 1. The average Bonchev–Trinajstić information content (AvgIpc) is 2.87. The Morgan fingerprint density at radius 3 is 2.76 bits per heavy atom.